The third-order valence-electron chi connectivity index (χ3n) is 3.83. The van der Waals surface area contributed by atoms with Gasteiger partial charge in [-0.2, -0.15) is 0 Å². The number of carboxylic acid groups (broad SMARTS) is 1. The maximum absolute atomic E-state index is 11.9. The maximum Gasteiger partial charge on any atom is 0.526 e. The summed E-state index contributed by atoms with van der Waals surface area (Å²) < 4.78 is 27.0. The summed E-state index contributed by atoms with van der Waals surface area (Å²) in [6.07, 6.45) is 0.490. The molecule has 0 spiro atoms. The third kappa shape index (κ3) is 4.79. The second-order valence-corrected chi connectivity index (χ2v) is 7.52. The molecular formula is C14H18BNO7S. The molecule has 0 bridgehead atoms. The first kappa shape index (κ1) is 18.4. The van der Waals surface area contributed by atoms with Gasteiger partial charge in [-0.3, -0.25) is 4.79 Å². The van der Waals surface area contributed by atoms with Gasteiger partial charge < -0.3 is 14.8 Å². The first-order chi connectivity index (χ1) is 11.2. The van der Waals surface area contributed by atoms with Gasteiger partial charge in [-0.1, -0.05) is 12.1 Å². The number of hydrogen-bond acceptors (Lipinski definition) is 6. The number of carbonyl (C=O) groups is 2. The van der Waals surface area contributed by atoms with E-state index in [0.717, 1.165) is 0 Å². The van der Waals surface area contributed by atoms with Crippen molar-refractivity contribution in [3.8, 4) is 5.75 Å². The van der Waals surface area contributed by atoms with Crippen molar-refractivity contribution in [3.05, 3.63) is 29.3 Å². The Kier molecular flexibility index (Phi) is 5.63. The SMILES string of the molecule is NS(=O)(=O)CCCC(=O)C[C@H]1Cc2cccc(C(=O)O)c2OB1O. The van der Waals surface area contributed by atoms with Crippen LogP contribution in [0.4, 0.5) is 0 Å². The minimum Gasteiger partial charge on any atom is -0.535 e. The summed E-state index contributed by atoms with van der Waals surface area (Å²) in [4.78, 5) is 23.1. The molecule has 0 fully saturated rings. The van der Waals surface area contributed by atoms with Crippen LogP contribution in [0.3, 0.4) is 0 Å². The van der Waals surface area contributed by atoms with Crippen LogP contribution < -0.4 is 9.79 Å². The number of para-hydroxylation sites is 1. The Morgan fingerprint density at radius 2 is 2.08 bits per heavy atom. The minimum absolute atomic E-state index is 0.0164. The predicted octanol–water partition coefficient (Wildman–Crippen LogP) is 0.198. The van der Waals surface area contributed by atoms with E-state index in [1.165, 1.54) is 6.07 Å². The minimum atomic E-state index is -3.60. The van der Waals surface area contributed by atoms with Crippen LogP contribution in [0.15, 0.2) is 18.2 Å². The van der Waals surface area contributed by atoms with E-state index in [1.54, 1.807) is 12.1 Å². The fourth-order valence-corrected chi connectivity index (χ4v) is 3.24. The second kappa shape index (κ2) is 7.33. The lowest BCUT2D eigenvalue weighted by atomic mass is 9.64. The molecule has 1 heterocycles. The molecule has 10 heteroatoms. The number of Topliss-reactive ketones (excluding diaryl/α,β-unsaturated/α-hetero) is 1. The number of rotatable bonds is 7. The topological polar surface area (TPSA) is 144 Å². The van der Waals surface area contributed by atoms with Crippen LogP contribution in [-0.2, 0) is 21.2 Å². The van der Waals surface area contributed by atoms with E-state index in [0.29, 0.717) is 12.0 Å². The highest BCUT2D eigenvalue weighted by Gasteiger charge is 2.37. The molecule has 2 rings (SSSR count). The van der Waals surface area contributed by atoms with Crippen LogP contribution >= 0.6 is 0 Å². The summed E-state index contributed by atoms with van der Waals surface area (Å²) in [5, 5.41) is 24.0. The molecule has 0 aromatic heterocycles. The Morgan fingerprint density at radius 3 is 2.71 bits per heavy atom. The Hall–Kier alpha value is -1.91. The molecule has 130 valence electrons. The van der Waals surface area contributed by atoms with E-state index in [4.69, 9.17) is 14.9 Å². The van der Waals surface area contributed by atoms with Crippen LogP contribution in [0, 0.1) is 0 Å². The summed E-state index contributed by atoms with van der Waals surface area (Å²) in [6, 6.07) is 4.65. The number of carbonyl (C=O) groups excluding carboxylic acids is 1. The van der Waals surface area contributed by atoms with Gasteiger partial charge in [0, 0.05) is 18.7 Å². The van der Waals surface area contributed by atoms with Crippen LogP contribution in [0.2, 0.25) is 5.82 Å². The lowest BCUT2D eigenvalue weighted by Gasteiger charge is -2.28. The number of benzene rings is 1. The van der Waals surface area contributed by atoms with Gasteiger partial charge in [-0.15, -0.1) is 0 Å². The van der Waals surface area contributed by atoms with Gasteiger partial charge in [0.15, 0.2) is 0 Å². The third-order valence-corrected chi connectivity index (χ3v) is 4.68. The molecule has 1 aliphatic rings. The zero-order valence-electron chi connectivity index (χ0n) is 12.8. The zero-order valence-corrected chi connectivity index (χ0v) is 13.7. The second-order valence-electron chi connectivity index (χ2n) is 5.78. The van der Waals surface area contributed by atoms with Crippen molar-refractivity contribution in [2.75, 3.05) is 5.75 Å². The average molecular weight is 355 g/mol. The van der Waals surface area contributed by atoms with Crippen molar-refractivity contribution in [2.45, 2.75) is 31.5 Å². The Morgan fingerprint density at radius 1 is 1.38 bits per heavy atom. The lowest BCUT2D eigenvalue weighted by Crippen LogP contribution is -2.35. The van der Waals surface area contributed by atoms with Crippen molar-refractivity contribution in [3.63, 3.8) is 0 Å². The Labute approximate surface area is 139 Å². The molecule has 24 heavy (non-hydrogen) atoms. The summed E-state index contributed by atoms with van der Waals surface area (Å²) in [7, 11) is -4.89. The van der Waals surface area contributed by atoms with Gasteiger partial charge in [0.05, 0.1) is 11.3 Å². The highest BCUT2D eigenvalue weighted by Crippen LogP contribution is 2.36. The summed E-state index contributed by atoms with van der Waals surface area (Å²) in [5.41, 5.74) is 0.576. The molecule has 0 amide bonds. The van der Waals surface area contributed by atoms with E-state index < -0.39 is 28.9 Å². The Balaban J connectivity index is 2.00. The maximum atomic E-state index is 11.9. The van der Waals surface area contributed by atoms with Gasteiger partial charge in [0.25, 0.3) is 0 Å². The predicted molar refractivity (Wildman–Crippen MR) is 86.3 cm³/mol. The van der Waals surface area contributed by atoms with E-state index >= 15 is 0 Å². The molecule has 0 saturated carbocycles. The fourth-order valence-electron chi connectivity index (χ4n) is 2.69. The number of fused-ring (bicyclic) bond motifs is 1. The van der Waals surface area contributed by atoms with Crippen molar-refractivity contribution in [2.24, 2.45) is 5.14 Å². The summed E-state index contributed by atoms with van der Waals surface area (Å²) in [6.45, 7) is 0. The van der Waals surface area contributed by atoms with E-state index in [-0.39, 0.29) is 42.1 Å². The number of nitrogens with two attached hydrogens (primary N) is 1. The van der Waals surface area contributed by atoms with E-state index in [1.807, 2.05) is 0 Å². The van der Waals surface area contributed by atoms with Crippen molar-refractivity contribution in [1.29, 1.82) is 0 Å². The smallest absolute Gasteiger partial charge is 0.526 e. The average Bonchev–Trinajstić information content (AvgIpc) is 2.46. The molecule has 0 unspecified atom stereocenters. The summed E-state index contributed by atoms with van der Waals surface area (Å²) >= 11 is 0. The number of carboxylic acids is 1. The molecule has 1 aromatic carbocycles. The van der Waals surface area contributed by atoms with Crippen molar-refractivity contribution in [1.82, 2.24) is 0 Å². The normalized spacial score (nSPS) is 17.1. The molecule has 1 atom stereocenters. The van der Waals surface area contributed by atoms with Gasteiger partial charge in [0.2, 0.25) is 10.0 Å². The number of hydrogen-bond donors (Lipinski definition) is 3. The molecule has 0 radical (unpaired) electrons. The van der Waals surface area contributed by atoms with Gasteiger partial charge in [-0.05, 0) is 24.5 Å². The lowest BCUT2D eigenvalue weighted by molar-refractivity contribution is -0.119. The first-order valence-electron chi connectivity index (χ1n) is 7.39. The number of sulfonamides is 1. The molecule has 1 aromatic rings. The van der Waals surface area contributed by atoms with Crippen LogP contribution in [0.1, 0.15) is 35.2 Å². The molecular weight excluding hydrogens is 337 g/mol. The molecule has 0 saturated heterocycles. The summed E-state index contributed by atoms with van der Waals surface area (Å²) in [5.74, 6) is -2.02. The quantitative estimate of drug-likeness (QED) is 0.593. The number of ketones is 1. The molecule has 1 aliphatic heterocycles. The largest absolute Gasteiger partial charge is 0.535 e. The van der Waals surface area contributed by atoms with Gasteiger partial charge in [0.1, 0.15) is 11.5 Å². The van der Waals surface area contributed by atoms with Gasteiger partial charge in [-0.25, -0.2) is 18.4 Å². The number of primary sulfonamides is 1. The molecule has 0 aliphatic carbocycles. The molecule has 4 N–H and O–H groups in total. The Bertz CT molecular complexity index is 749. The fraction of sp³-hybridized carbons (Fsp3) is 0.429. The monoisotopic (exact) mass is 355 g/mol. The zero-order chi connectivity index (χ0) is 17.9. The van der Waals surface area contributed by atoms with Gasteiger partial charge >= 0.3 is 13.1 Å². The first-order valence-corrected chi connectivity index (χ1v) is 9.11. The van der Waals surface area contributed by atoms with E-state index in [9.17, 15) is 23.0 Å². The number of aromatic carboxylic acids is 1. The standard InChI is InChI=1S/C14H18BNO7S/c16-24(21,22)6-2-4-11(17)8-10-7-9-3-1-5-12(14(18)19)13(9)23-15(10)20/h1,3,5,10,20H,2,4,6-8H2,(H,18,19)(H2,16,21,22)/t10-/m1/s1. The van der Waals surface area contributed by atoms with Crippen molar-refractivity contribution < 1.29 is 32.8 Å². The van der Waals surface area contributed by atoms with Crippen LogP contribution in [0.25, 0.3) is 0 Å². The van der Waals surface area contributed by atoms with E-state index in [2.05, 4.69) is 0 Å². The highest BCUT2D eigenvalue weighted by molar-refractivity contribution is 7.89. The molecule has 8 nitrogen and oxygen atoms in total. The van der Waals surface area contributed by atoms with Crippen molar-refractivity contribution >= 4 is 28.9 Å². The highest BCUT2D eigenvalue weighted by atomic mass is 32.2. The van der Waals surface area contributed by atoms with Crippen LogP contribution in [0.5, 0.6) is 5.75 Å². The van der Waals surface area contributed by atoms with Crippen LogP contribution in [-0.4, -0.2) is 43.2 Å².